The third-order valence-corrected chi connectivity index (χ3v) is 5.78. The van der Waals surface area contributed by atoms with E-state index in [0.29, 0.717) is 5.92 Å². The number of carbonyl (C=O) groups is 1. The van der Waals surface area contributed by atoms with Crippen molar-refractivity contribution in [3.05, 3.63) is 22.4 Å². The van der Waals surface area contributed by atoms with Crippen LogP contribution in [0.1, 0.15) is 37.0 Å². The second-order valence-electron chi connectivity index (χ2n) is 6.69. The Hall–Kier alpha value is -1.60. The molecule has 1 amide bonds. The van der Waals surface area contributed by atoms with Crippen molar-refractivity contribution in [2.75, 3.05) is 39.8 Å². The first-order valence-electron chi connectivity index (χ1n) is 9.09. The maximum atomic E-state index is 11.3. The number of hydrogen-bond donors (Lipinski definition) is 3. The topological polar surface area (TPSA) is 82.8 Å². The molecule has 2 atom stereocenters. The zero-order chi connectivity index (χ0) is 18.1. The molecular weight excluding hydrogens is 334 g/mol. The van der Waals surface area contributed by atoms with E-state index in [4.69, 9.17) is 5.73 Å². The summed E-state index contributed by atoms with van der Waals surface area (Å²) in [6.07, 6.45) is 3.01. The van der Waals surface area contributed by atoms with Crippen molar-refractivity contribution in [1.82, 2.24) is 15.5 Å². The largest absolute Gasteiger partial charge is 0.369 e. The van der Waals surface area contributed by atoms with Crippen LogP contribution in [0.5, 0.6) is 0 Å². The fraction of sp³-hybridized carbons (Fsp3) is 0.667. The molecule has 1 aliphatic rings. The number of nitrogens with one attached hydrogen (secondary N) is 2. The van der Waals surface area contributed by atoms with Gasteiger partial charge in [0.15, 0.2) is 5.96 Å². The van der Waals surface area contributed by atoms with Crippen molar-refractivity contribution in [3.63, 3.8) is 0 Å². The van der Waals surface area contributed by atoms with E-state index in [9.17, 15) is 4.79 Å². The summed E-state index contributed by atoms with van der Waals surface area (Å²) in [5.41, 5.74) is 5.43. The van der Waals surface area contributed by atoms with Gasteiger partial charge in [-0.2, -0.15) is 0 Å². The van der Waals surface area contributed by atoms with Crippen LogP contribution >= 0.6 is 11.3 Å². The molecule has 4 N–H and O–H groups in total. The molecule has 0 aromatic carbocycles. The van der Waals surface area contributed by atoms with Gasteiger partial charge in [0.25, 0.3) is 0 Å². The molecule has 2 rings (SSSR count). The van der Waals surface area contributed by atoms with Crippen LogP contribution in [0.25, 0.3) is 0 Å². The van der Waals surface area contributed by atoms with Gasteiger partial charge < -0.3 is 21.3 Å². The number of primary amides is 1. The molecule has 2 heterocycles. The average Bonchev–Trinajstić information content (AvgIpc) is 3.16. The third-order valence-electron chi connectivity index (χ3n) is 4.68. The lowest BCUT2D eigenvalue weighted by Crippen LogP contribution is -2.43. The fourth-order valence-corrected chi connectivity index (χ4v) is 3.93. The first kappa shape index (κ1) is 19.7. The van der Waals surface area contributed by atoms with E-state index in [1.54, 1.807) is 18.4 Å². The third kappa shape index (κ3) is 6.66. The van der Waals surface area contributed by atoms with Gasteiger partial charge in [0.1, 0.15) is 0 Å². The summed E-state index contributed by atoms with van der Waals surface area (Å²) in [5, 5.41) is 8.87. The van der Waals surface area contributed by atoms with E-state index in [2.05, 4.69) is 45.0 Å². The van der Waals surface area contributed by atoms with Crippen LogP contribution in [0.2, 0.25) is 0 Å². The Morgan fingerprint density at radius 2 is 2.36 bits per heavy atom. The highest BCUT2D eigenvalue weighted by Gasteiger charge is 2.23. The minimum absolute atomic E-state index is 0.0230. The number of carbonyl (C=O) groups excluding carboxylic acids is 1. The number of piperidine rings is 1. The maximum absolute atomic E-state index is 11.3. The Kier molecular flexibility index (Phi) is 8.21. The molecule has 140 valence electrons. The second-order valence-corrected chi connectivity index (χ2v) is 7.67. The molecule has 7 heteroatoms. The van der Waals surface area contributed by atoms with Crippen LogP contribution in [0.15, 0.2) is 22.5 Å². The second kappa shape index (κ2) is 10.4. The van der Waals surface area contributed by atoms with Crippen molar-refractivity contribution in [1.29, 1.82) is 0 Å². The monoisotopic (exact) mass is 365 g/mol. The lowest BCUT2D eigenvalue weighted by Gasteiger charge is -2.31. The lowest BCUT2D eigenvalue weighted by molar-refractivity contribution is -0.123. The van der Waals surface area contributed by atoms with Crippen molar-refractivity contribution in [2.45, 2.75) is 32.1 Å². The van der Waals surface area contributed by atoms with E-state index < -0.39 is 0 Å². The Morgan fingerprint density at radius 3 is 3.04 bits per heavy atom. The number of nitrogens with two attached hydrogens (primary N) is 1. The number of rotatable bonds is 8. The summed E-state index contributed by atoms with van der Waals surface area (Å²) in [7, 11) is 1.80. The van der Waals surface area contributed by atoms with Crippen molar-refractivity contribution < 1.29 is 4.79 Å². The molecule has 1 aromatic heterocycles. The zero-order valence-electron chi connectivity index (χ0n) is 15.3. The normalized spacial score (nSPS) is 20.2. The van der Waals surface area contributed by atoms with E-state index in [0.717, 1.165) is 57.9 Å². The Labute approximate surface area is 154 Å². The predicted molar refractivity (Wildman–Crippen MR) is 105 cm³/mol. The van der Waals surface area contributed by atoms with Gasteiger partial charge in [-0.15, -0.1) is 11.3 Å². The number of nitrogens with zero attached hydrogens (tertiary/aromatic N) is 2. The van der Waals surface area contributed by atoms with Crippen LogP contribution in [0, 0.1) is 5.92 Å². The van der Waals surface area contributed by atoms with E-state index in [1.165, 1.54) is 4.88 Å². The summed E-state index contributed by atoms with van der Waals surface area (Å²) < 4.78 is 0. The quantitative estimate of drug-likeness (QED) is 0.371. The van der Waals surface area contributed by atoms with Gasteiger partial charge in [-0.1, -0.05) is 13.0 Å². The molecule has 1 saturated heterocycles. The van der Waals surface area contributed by atoms with Gasteiger partial charge in [-0.25, -0.2) is 0 Å². The van der Waals surface area contributed by atoms with Crippen molar-refractivity contribution in [2.24, 2.45) is 16.6 Å². The molecule has 6 nitrogen and oxygen atoms in total. The van der Waals surface area contributed by atoms with Gasteiger partial charge >= 0.3 is 0 Å². The first-order chi connectivity index (χ1) is 12.1. The smallest absolute Gasteiger partial charge is 0.221 e. The number of likely N-dealkylation sites (tertiary alicyclic amines) is 1. The summed E-state index contributed by atoms with van der Waals surface area (Å²) in [4.78, 5) is 19.3. The summed E-state index contributed by atoms with van der Waals surface area (Å²) in [5.74, 6) is 1.18. The minimum atomic E-state index is -0.160. The Morgan fingerprint density at radius 1 is 1.52 bits per heavy atom. The number of amides is 1. The zero-order valence-corrected chi connectivity index (χ0v) is 16.1. The highest BCUT2D eigenvalue weighted by atomic mass is 32.1. The first-order valence-corrected chi connectivity index (χ1v) is 9.97. The number of guanidine groups is 1. The molecule has 25 heavy (non-hydrogen) atoms. The number of thiophene rings is 1. The molecule has 0 bridgehead atoms. The fourth-order valence-electron chi connectivity index (χ4n) is 3.14. The van der Waals surface area contributed by atoms with Crippen molar-refractivity contribution in [3.8, 4) is 0 Å². The van der Waals surface area contributed by atoms with Crippen LogP contribution < -0.4 is 16.4 Å². The molecule has 1 aromatic rings. The Balaban J connectivity index is 1.62. The van der Waals surface area contributed by atoms with Crippen LogP contribution in [0.3, 0.4) is 0 Å². The van der Waals surface area contributed by atoms with Gasteiger partial charge in [0, 0.05) is 37.5 Å². The molecule has 0 aliphatic carbocycles. The summed E-state index contributed by atoms with van der Waals surface area (Å²) in [6.45, 7) is 6.81. The molecule has 2 unspecified atom stereocenters. The van der Waals surface area contributed by atoms with Crippen LogP contribution in [0.4, 0.5) is 0 Å². The lowest BCUT2D eigenvalue weighted by atomic mass is 9.97. The average molecular weight is 366 g/mol. The molecule has 0 radical (unpaired) electrons. The molecule has 0 spiro atoms. The van der Waals surface area contributed by atoms with Gasteiger partial charge in [-0.05, 0) is 43.8 Å². The summed E-state index contributed by atoms with van der Waals surface area (Å²) >= 11 is 1.79. The van der Waals surface area contributed by atoms with Crippen molar-refractivity contribution >= 4 is 23.2 Å². The predicted octanol–water partition coefficient (Wildman–Crippen LogP) is 1.60. The van der Waals surface area contributed by atoms with E-state index in [-0.39, 0.29) is 11.8 Å². The minimum Gasteiger partial charge on any atom is -0.369 e. The SMILES string of the molecule is CN=C(NCCCN1CCCC(C(N)=O)C1)NCC(C)c1cccs1. The van der Waals surface area contributed by atoms with E-state index >= 15 is 0 Å². The van der Waals surface area contributed by atoms with Crippen LogP contribution in [-0.2, 0) is 4.79 Å². The van der Waals surface area contributed by atoms with Gasteiger partial charge in [0.2, 0.25) is 5.91 Å². The molecular formula is C18H31N5OS. The highest BCUT2D eigenvalue weighted by molar-refractivity contribution is 7.10. The van der Waals surface area contributed by atoms with Gasteiger partial charge in [0.05, 0.1) is 5.92 Å². The molecule has 1 fully saturated rings. The number of aliphatic imine (C=N–C) groups is 1. The molecule has 0 saturated carbocycles. The maximum Gasteiger partial charge on any atom is 0.221 e. The Bertz CT molecular complexity index is 546. The molecule has 1 aliphatic heterocycles. The standard InChI is InChI=1S/C18H31N5OS/c1-14(16-7-4-11-25-16)12-22-18(20-2)21-8-5-10-23-9-3-6-15(13-23)17(19)24/h4,7,11,14-15H,3,5-6,8-10,12-13H2,1-2H3,(H2,19,24)(H2,20,21,22). The van der Waals surface area contributed by atoms with E-state index in [1.807, 2.05) is 0 Å². The summed E-state index contributed by atoms with van der Waals surface area (Å²) in [6, 6.07) is 4.26. The van der Waals surface area contributed by atoms with Gasteiger partial charge in [-0.3, -0.25) is 9.79 Å². The number of hydrogen-bond acceptors (Lipinski definition) is 4. The van der Waals surface area contributed by atoms with Crippen LogP contribution in [-0.4, -0.2) is 56.5 Å². The highest BCUT2D eigenvalue weighted by Crippen LogP contribution is 2.19.